The van der Waals surface area contributed by atoms with Crippen LogP contribution in [0.3, 0.4) is 0 Å². The summed E-state index contributed by atoms with van der Waals surface area (Å²) in [5.74, 6) is 0.0996. The molecule has 0 bridgehead atoms. The second-order valence-corrected chi connectivity index (χ2v) is 6.23. The zero-order valence-electron chi connectivity index (χ0n) is 15.2. The number of anilines is 1. The number of benzene rings is 2. The maximum absolute atomic E-state index is 12.6. The Morgan fingerprint density at radius 2 is 1.69 bits per heavy atom. The van der Waals surface area contributed by atoms with Gasteiger partial charge in [0.2, 0.25) is 0 Å². The maximum Gasteiger partial charge on any atom is 0.277 e. The lowest BCUT2D eigenvalue weighted by molar-refractivity contribution is -0.135. The molecule has 26 heavy (non-hydrogen) atoms. The Bertz CT molecular complexity index is 869. The number of amides is 2. The minimum Gasteiger partial charge on any atom is -0.494 e. The van der Waals surface area contributed by atoms with Gasteiger partial charge >= 0.3 is 0 Å². The molecule has 2 aromatic rings. The number of nitrogens with zero attached hydrogens (tertiary/aromatic N) is 1. The molecule has 0 aliphatic carbocycles. The van der Waals surface area contributed by atoms with Crippen molar-refractivity contribution in [1.29, 1.82) is 0 Å². The van der Waals surface area contributed by atoms with Gasteiger partial charge in [0.15, 0.2) is 0 Å². The molecule has 0 spiro atoms. The number of rotatable bonds is 6. The van der Waals surface area contributed by atoms with Crippen LogP contribution in [0.5, 0.6) is 5.75 Å². The van der Waals surface area contributed by atoms with Gasteiger partial charge in [-0.2, -0.15) is 0 Å². The summed E-state index contributed by atoms with van der Waals surface area (Å²) in [6, 6.07) is 14.9. The van der Waals surface area contributed by atoms with Gasteiger partial charge < -0.3 is 10.1 Å². The Morgan fingerprint density at radius 1 is 1.00 bits per heavy atom. The lowest BCUT2D eigenvalue weighted by Gasteiger charge is -2.11. The minimum atomic E-state index is -0.334. The van der Waals surface area contributed by atoms with Crippen molar-refractivity contribution < 1.29 is 14.3 Å². The summed E-state index contributed by atoms with van der Waals surface area (Å²) in [6.45, 7) is 4.64. The summed E-state index contributed by atoms with van der Waals surface area (Å²) in [6.07, 6.45) is 0.926. The monoisotopic (exact) mass is 350 g/mol. The Balaban J connectivity index is 1.99. The van der Waals surface area contributed by atoms with E-state index in [9.17, 15) is 9.59 Å². The van der Waals surface area contributed by atoms with E-state index in [1.54, 1.807) is 0 Å². The quantitative estimate of drug-likeness (QED) is 0.809. The minimum absolute atomic E-state index is 0.300. The summed E-state index contributed by atoms with van der Waals surface area (Å²) in [7, 11) is 1.50. The van der Waals surface area contributed by atoms with Crippen molar-refractivity contribution in [2.75, 3.05) is 19.0 Å². The van der Waals surface area contributed by atoms with Crippen LogP contribution in [0.15, 0.2) is 54.2 Å². The van der Waals surface area contributed by atoms with Gasteiger partial charge in [-0.05, 0) is 42.7 Å². The summed E-state index contributed by atoms with van der Waals surface area (Å²) in [4.78, 5) is 26.4. The van der Waals surface area contributed by atoms with Crippen molar-refractivity contribution in [3.8, 4) is 5.75 Å². The molecule has 2 aromatic carbocycles. The largest absolute Gasteiger partial charge is 0.494 e. The van der Waals surface area contributed by atoms with Crippen molar-refractivity contribution in [3.05, 3.63) is 65.4 Å². The third kappa shape index (κ3) is 3.33. The average molecular weight is 350 g/mol. The van der Waals surface area contributed by atoms with Gasteiger partial charge in [-0.3, -0.25) is 14.5 Å². The van der Waals surface area contributed by atoms with E-state index in [2.05, 4.69) is 5.32 Å². The smallest absolute Gasteiger partial charge is 0.277 e. The van der Waals surface area contributed by atoms with Crippen LogP contribution in [0.1, 0.15) is 24.5 Å². The van der Waals surface area contributed by atoms with Crippen molar-refractivity contribution in [1.82, 2.24) is 4.90 Å². The zero-order chi connectivity index (χ0) is 18.7. The molecule has 2 amide bonds. The Kier molecular flexibility index (Phi) is 5.07. The first-order valence-electron chi connectivity index (χ1n) is 8.65. The lowest BCUT2D eigenvalue weighted by Crippen LogP contribution is -2.28. The number of para-hydroxylation sites is 1. The zero-order valence-corrected chi connectivity index (χ0v) is 15.2. The van der Waals surface area contributed by atoms with Crippen LogP contribution in [-0.4, -0.2) is 30.4 Å². The highest BCUT2D eigenvalue weighted by molar-refractivity contribution is 6.36. The van der Waals surface area contributed by atoms with Crippen LogP contribution in [-0.2, 0) is 9.59 Å². The molecule has 0 unspecified atom stereocenters. The molecule has 1 aliphatic rings. The molecule has 134 valence electrons. The van der Waals surface area contributed by atoms with Gasteiger partial charge in [0, 0.05) is 12.7 Å². The van der Waals surface area contributed by atoms with Gasteiger partial charge in [0.1, 0.15) is 11.4 Å². The van der Waals surface area contributed by atoms with Crippen LogP contribution in [0.2, 0.25) is 0 Å². The van der Waals surface area contributed by atoms with Crippen molar-refractivity contribution in [2.24, 2.45) is 0 Å². The Morgan fingerprint density at radius 3 is 2.35 bits per heavy atom. The third-order valence-electron chi connectivity index (χ3n) is 4.31. The average Bonchev–Trinajstić information content (AvgIpc) is 2.86. The molecular weight excluding hydrogens is 328 g/mol. The first-order chi connectivity index (χ1) is 12.5. The highest BCUT2D eigenvalue weighted by Crippen LogP contribution is 2.31. The number of imide groups is 1. The lowest BCUT2D eigenvalue weighted by atomic mass is 10.0. The second kappa shape index (κ2) is 7.44. The summed E-state index contributed by atoms with van der Waals surface area (Å²) >= 11 is 0. The van der Waals surface area contributed by atoms with Crippen LogP contribution < -0.4 is 10.1 Å². The van der Waals surface area contributed by atoms with Gasteiger partial charge in [0.25, 0.3) is 11.8 Å². The molecule has 1 N–H and O–H groups in total. The van der Waals surface area contributed by atoms with Crippen molar-refractivity contribution in [3.63, 3.8) is 0 Å². The fraction of sp³-hybridized carbons (Fsp3) is 0.238. The summed E-state index contributed by atoms with van der Waals surface area (Å²) < 4.78 is 5.59. The summed E-state index contributed by atoms with van der Waals surface area (Å²) in [5, 5.41) is 3.15. The molecular formula is C21H22N2O3. The SMILES string of the molecule is CCCOc1ccc(C2=C(Nc3ccccc3C)C(=O)N(C)C2=O)cc1. The standard InChI is InChI=1S/C21H22N2O3/c1-4-13-26-16-11-9-15(10-12-16)18-19(21(25)23(3)20(18)24)22-17-8-6-5-7-14(17)2/h5-12,22H,4,13H2,1-3H3. The molecule has 3 rings (SSSR count). The highest BCUT2D eigenvalue weighted by atomic mass is 16.5. The van der Waals surface area contributed by atoms with E-state index in [-0.39, 0.29) is 11.8 Å². The number of carbonyl (C=O) groups excluding carboxylic acids is 2. The van der Waals surface area contributed by atoms with E-state index in [4.69, 9.17) is 4.74 Å². The topological polar surface area (TPSA) is 58.6 Å². The van der Waals surface area contributed by atoms with E-state index >= 15 is 0 Å². The van der Waals surface area contributed by atoms with Gasteiger partial charge in [-0.25, -0.2) is 0 Å². The van der Waals surface area contributed by atoms with Crippen molar-refractivity contribution >= 4 is 23.1 Å². The fourth-order valence-electron chi connectivity index (χ4n) is 2.81. The Labute approximate surface area is 153 Å². The number of aryl methyl sites for hydroxylation is 1. The molecule has 5 heteroatoms. The van der Waals surface area contributed by atoms with Crippen molar-refractivity contribution in [2.45, 2.75) is 20.3 Å². The number of nitrogens with one attached hydrogen (secondary N) is 1. The molecule has 0 fully saturated rings. The van der Waals surface area contributed by atoms with E-state index in [0.29, 0.717) is 23.4 Å². The Hall–Kier alpha value is -3.08. The first-order valence-corrected chi connectivity index (χ1v) is 8.65. The molecule has 0 radical (unpaired) electrons. The van der Waals surface area contributed by atoms with Gasteiger partial charge in [-0.15, -0.1) is 0 Å². The number of carbonyl (C=O) groups is 2. The van der Waals surface area contributed by atoms with E-state index in [0.717, 1.165) is 28.3 Å². The van der Waals surface area contributed by atoms with Crippen LogP contribution in [0.25, 0.3) is 5.57 Å². The number of hydrogen-bond acceptors (Lipinski definition) is 4. The predicted molar refractivity (Wildman–Crippen MR) is 102 cm³/mol. The maximum atomic E-state index is 12.6. The van der Waals surface area contributed by atoms with E-state index in [1.165, 1.54) is 7.05 Å². The normalized spacial score (nSPS) is 14.2. The molecule has 0 atom stereocenters. The van der Waals surface area contributed by atoms with Crippen LogP contribution in [0, 0.1) is 6.92 Å². The molecule has 1 aliphatic heterocycles. The van der Waals surface area contributed by atoms with Crippen LogP contribution in [0.4, 0.5) is 5.69 Å². The summed E-state index contributed by atoms with van der Waals surface area (Å²) in [5.41, 5.74) is 3.17. The van der Waals surface area contributed by atoms with Gasteiger partial charge in [0.05, 0.1) is 12.2 Å². The second-order valence-electron chi connectivity index (χ2n) is 6.23. The number of hydrogen-bond donors (Lipinski definition) is 1. The molecule has 0 saturated carbocycles. The number of likely N-dealkylation sites (N-methyl/N-ethyl adjacent to an activating group) is 1. The highest BCUT2D eigenvalue weighted by Gasteiger charge is 2.36. The third-order valence-corrected chi connectivity index (χ3v) is 4.31. The predicted octanol–water partition coefficient (Wildman–Crippen LogP) is 3.61. The first kappa shape index (κ1) is 17.7. The fourth-order valence-corrected chi connectivity index (χ4v) is 2.81. The molecule has 0 saturated heterocycles. The molecule has 5 nitrogen and oxygen atoms in total. The molecule has 1 heterocycles. The van der Waals surface area contributed by atoms with Crippen LogP contribution >= 0.6 is 0 Å². The van der Waals surface area contributed by atoms with E-state index in [1.807, 2.05) is 62.4 Å². The number of ether oxygens (including phenoxy) is 1. The van der Waals surface area contributed by atoms with Gasteiger partial charge in [-0.1, -0.05) is 37.3 Å². The molecule has 0 aromatic heterocycles. The van der Waals surface area contributed by atoms with E-state index < -0.39 is 0 Å².